The fraction of sp³-hybridized carbons (Fsp3) is 0.600. The zero-order chi connectivity index (χ0) is 19.4. The monoisotopic (exact) mass is 502 g/mol. The number of ether oxygens (including phenoxy) is 2. The van der Waals surface area contributed by atoms with Gasteiger partial charge in [0.15, 0.2) is 5.96 Å². The summed E-state index contributed by atoms with van der Waals surface area (Å²) < 4.78 is 11.0. The summed E-state index contributed by atoms with van der Waals surface area (Å²) in [6.45, 7) is 11.7. The first-order valence-corrected chi connectivity index (χ1v) is 9.60. The molecule has 2 aliphatic heterocycles. The molecule has 0 bridgehead atoms. The minimum Gasteiger partial charge on any atom is -0.494 e. The first-order chi connectivity index (χ1) is 12.9. The number of aliphatic imine (C=N–C) groups is 1. The van der Waals surface area contributed by atoms with Gasteiger partial charge in [-0.3, -0.25) is 4.99 Å². The van der Waals surface area contributed by atoms with Crippen molar-refractivity contribution in [3.63, 3.8) is 0 Å². The molecule has 0 spiro atoms. The molecule has 8 heteroatoms. The largest absolute Gasteiger partial charge is 0.494 e. The van der Waals surface area contributed by atoms with Crippen LogP contribution in [0.5, 0.6) is 5.75 Å². The number of nitrogens with zero attached hydrogens (tertiary/aromatic N) is 3. The molecule has 28 heavy (non-hydrogen) atoms. The van der Waals surface area contributed by atoms with Gasteiger partial charge in [0.1, 0.15) is 11.4 Å². The zero-order valence-corrected chi connectivity index (χ0v) is 19.4. The van der Waals surface area contributed by atoms with Crippen LogP contribution >= 0.6 is 24.0 Å². The summed E-state index contributed by atoms with van der Waals surface area (Å²) in [5.41, 5.74) is 0.683. The first-order valence-electron chi connectivity index (χ1n) is 9.60. The van der Waals surface area contributed by atoms with Crippen LogP contribution in [0.25, 0.3) is 0 Å². The van der Waals surface area contributed by atoms with E-state index in [-0.39, 0.29) is 36.1 Å². The van der Waals surface area contributed by atoms with Crippen molar-refractivity contribution < 1.29 is 14.3 Å². The van der Waals surface area contributed by atoms with Crippen LogP contribution in [0.1, 0.15) is 33.3 Å². The minimum atomic E-state index is -0.469. The smallest absolute Gasteiger partial charge is 0.410 e. The van der Waals surface area contributed by atoms with Crippen LogP contribution in [0, 0.1) is 0 Å². The molecule has 1 fully saturated rings. The SMILES string of the molecule is CCOc1cccc(CNC2=NCC3CN(C(=O)OC(C)(C)C)CCN23)c1.I. The Morgan fingerprint density at radius 2 is 2.11 bits per heavy atom. The molecule has 1 unspecified atom stereocenters. The summed E-state index contributed by atoms with van der Waals surface area (Å²) in [5.74, 6) is 1.79. The highest BCUT2D eigenvalue weighted by atomic mass is 127. The van der Waals surface area contributed by atoms with E-state index in [1.807, 2.05) is 45.9 Å². The van der Waals surface area contributed by atoms with Gasteiger partial charge in [0.25, 0.3) is 0 Å². The predicted octanol–water partition coefficient (Wildman–Crippen LogP) is 3.08. The van der Waals surface area contributed by atoms with Crippen LogP contribution in [0.2, 0.25) is 0 Å². The Bertz CT molecular complexity index is 705. The molecule has 2 aliphatic rings. The maximum Gasteiger partial charge on any atom is 0.410 e. The summed E-state index contributed by atoms with van der Waals surface area (Å²) in [6, 6.07) is 8.29. The van der Waals surface area contributed by atoms with Crippen LogP contribution in [-0.2, 0) is 11.3 Å². The number of nitrogens with one attached hydrogen (secondary N) is 1. The van der Waals surface area contributed by atoms with Crippen molar-refractivity contribution in [2.45, 2.75) is 45.9 Å². The van der Waals surface area contributed by atoms with Crippen molar-refractivity contribution in [1.29, 1.82) is 0 Å². The third-order valence-electron chi connectivity index (χ3n) is 4.52. The third-order valence-corrected chi connectivity index (χ3v) is 4.52. The second-order valence-electron chi connectivity index (χ2n) is 7.87. The average Bonchev–Trinajstić information content (AvgIpc) is 3.01. The van der Waals surface area contributed by atoms with Crippen LogP contribution in [-0.4, -0.2) is 66.3 Å². The Kier molecular flexibility index (Phi) is 7.79. The van der Waals surface area contributed by atoms with Gasteiger partial charge < -0.3 is 24.6 Å². The molecular formula is C20H31IN4O3. The number of amides is 1. The van der Waals surface area contributed by atoms with Crippen LogP contribution in [0.3, 0.4) is 0 Å². The van der Waals surface area contributed by atoms with Gasteiger partial charge in [-0.25, -0.2) is 4.79 Å². The van der Waals surface area contributed by atoms with E-state index < -0.39 is 5.60 Å². The van der Waals surface area contributed by atoms with Gasteiger partial charge in [-0.15, -0.1) is 24.0 Å². The number of halogens is 1. The van der Waals surface area contributed by atoms with E-state index in [0.717, 1.165) is 23.8 Å². The van der Waals surface area contributed by atoms with E-state index in [9.17, 15) is 4.79 Å². The lowest BCUT2D eigenvalue weighted by Gasteiger charge is -2.39. The third kappa shape index (κ3) is 5.89. The van der Waals surface area contributed by atoms with Gasteiger partial charge in [-0.05, 0) is 45.4 Å². The number of piperazine rings is 1. The van der Waals surface area contributed by atoms with E-state index in [4.69, 9.17) is 9.47 Å². The Labute approximate surface area is 184 Å². The molecule has 0 saturated carbocycles. The quantitative estimate of drug-likeness (QED) is 0.642. The molecule has 1 aromatic carbocycles. The zero-order valence-electron chi connectivity index (χ0n) is 17.1. The van der Waals surface area contributed by atoms with Crippen molar-refractivity contribution in [2.24, 2.45) is 4.99 Å². The van der Waals surface area contributed by atoms with Gasteiger partial charge in [0.05, 0.1) is 19.2 Å². The van der Waals surface area contributed by atoms with E-state index in [2.05, 4.69) is 21.3 Å². The van der Waals surface area contributed by atoms with Crippen molar-refractivity contribution in [3.05, 3.63) is 29.8 Å². The predicted molar refractivity (Wildman–Crippen MR) is 120 cm³/mol. The highest BCUT2D eigenvalue weighted by Gasteiger charge is 2.36. The number of fused-ring (bicyclic) bond motifs is 1. The Hall–Kier alpha value is -1.71. The van der Waals surface area contributed by atoms with Gasteiger partial charge in [-0.1, -0.05) is 12.1 Å². The molecule has 1 amide bonds. The molecule has 0 aliphatic carbocycles. The number of benzene rings is 1. The molecule has 1 aromatic rings. The molecule has 0 aromatic heterocycles. The van der Waals surface area contributed by atoms with Gasteiger partial charge in [0.2, 0.25) is 0 Å². The maximum atomic E-state index is 12.3. The molecule has 7 nitrogen and oxygen atoms in total. The maximum absolute atomic E-state index is 12.3. The normalized spacial score (nSPS) is 18.7. The topological polar surface area (TPSA) is 66.4 Å². The molecule has 3 rings (SSSR count). The number of carbonyl (C=O) groups excluding carboxylic acids is 1. The molecular weight excluding hydrogens is 471 g/mol. The van der Waals surface area contributed by atoms with E-state index in [1.165, 1.54) is 0 Å². The highest BCUT2D eigenvalue weighted by molar-refractivity contribution is 14.0. The summed E-state index contributed by atoms with van der Waals surface area (Å²) in [7, 11) is 0. The second-order valence-corrected chi connectivity index (χ2v) is 7.87. The molecule has 156 valence electrons. The van der Waals surface area contributed by atoms with E-state index in [0.29, 0.717) is 32.8 Å². The number of hydrogen-bond donors (Lipinski definition) is 1. The molecule has 1 saturated heterocycles. The number of carbonyl (C=O) groups is 1. The highest BCUT2D eigenvalue weighted by Crippen LogP contribution is 2.19. The molecule has 1 N–H and O–H groups in total. The van der Waals surface area contributed by atoms with Crippen LogP contribution in [0.4, 0.5) is 4.79 Å². The lowest BCUT2D eigenvalue weighted by atomic mass is 10.2. The van der Waals surface area contributed by atoms with Gasteiger partial charge in [0, 0.05) is 26.2 Å². The average molecular weight is 502 g/mol. The van der Waals surface area contributed by atoms with E-state index in [1.54, 1.807) is 4.90 Å². The van der Waals surface area contributed by atoms with Crippen LogP contribution in [0.15, 0.2) is 29.3 Å². The van der Waals surface area contributed by atoms with Crippen molar-refractivity contribution >= 4 is 36.0 Å². The molecule has 2 heterocycles. The fourth-order valence-corrected chi connectivity index (χ4v) is 3.32. The Balaban J connectivity index is 0.00000280. The summed E-state index contributed by atoms with van der Waals surface area (Å²) in [6.07, 6.45) is -0.240. The molecule has 1 atom stereocenters. The number of guanidine groups is 1. The fourth-order valence-electron chi connectivity index (χ4n) is 3.32. The van der Waals surface area contributed by atoms with Crippen molar-refractivity contribution in [2.75, 3.05) is 32.8 Å². The number of rotatable bonds is 4. The van der Waals surface area contributed by atoms with Crippen molar-refractivity contribution in [1.82, 2.24) is 15.1 Å². The second kappa shape index (κ2) is 9.67. The summed E-state index contributed by atoms with van der Waals surface area (Å²) in [4.78, 5) is 21.0. The lowest BCUT2D eigenvalue weighted by Crippen LogP contribution is -2.57. The summed E-state index contributed by atoms with van der Waals surface area (Å²) in [5, 5.41) is 3.43. The van der Waals surface area contributed by atoms with Gasteiger partial charge >= 0.3 is 6.09 Å². The van der Waals surface area contributed by atoms with E-state index >= 15 is 0 Å². The van der Waals surface area contributed by atoms with Crippen molar-refractivity contribution in [3.8, 4) is 5.75 Å². The standard InChI is InChI=1S/C20H30N4O3.HI/c1-5-26-17-8-6-7-15(11-17)12-21-18-22-13-16-14-23(9-10-24(16)18)19(25)27-20(2,3)4;/h6-8,11,16H,5,9-10,12-14H2,1-4H3,(H,21,22);1H. The van der Waals surface area contributed by atoms with Gasteiger partial charge in [-0.2, -0.15) is 0 Å². The first kappa shape index (κ1) is 22.6. The Morgan fingerprint density at radius 1 is 1.32 bits per heavy atom. The number of hydrogen-bond acceptors (Lipinski definition) is 6. The van der Waals surface area contributed by atoms with Crippen LogP contribution < -0.4 is 10.1 Å². The molecule has 0 radical (unpaired) electrons. The summed E-state index contributed by atoms with van der Waals surface area (Å²) >= 11 is 0. The lowest BCUT2D eigenvalue weighted by molar-refractivity contribution is 0.0137. The Morgan fingerprint density at radius 3 is 2.82 bits per heavy atom. The minimum absolute atomic E-state index is 0.